The third-order valence-electron chi connectivity index (χ3n) is 4.01. The molecule has 0 radical (unpaired) electrons. The lowest BCUT2D eigenvalue weighted by atomic mass is 9.83. The molecule has 3 rings (SSSR count). The number of fused-ring (bicyclic) bond motifs is 1. The maximum atomic E-state index is 11.3. The van der Waals surface area contributed by atoms with Gasteiger partial charge >= 0.3 is 0 Å². The molecule has 4 nitrogen and oxygen atoms in total. The first-order valence-electron chi connectivity index (χ1n) is 6.84. The van der Waals surface area contributed by atoms with Gasteiger partial charge in [-0.3, -0.25) is 4.79 Å². The van der Waals surface area contributed by atoms with Gasteiger partial charge in [-0.2, -0.15) is 0 Å². The normalized spacial score (nSPS) is 19.3. The molecule has 1 amide bonds. The van der Waals surface area contributed by atoms with E-state index in [-0.39, 0.29) is 5.91 Å². The Bertz CT molecular complexity index is 530. The molecule has 1 aromatic rings. The molecule has 4 N–H and O–H groups in total. The number of hydrogen-bond acceptors (Lipinski definition) is 3. The predicted octanol–water partition coefficient (Wildman–Crippen LogP) is 1.59. The Balaban J connectivity index is 1.97. The Morgan fingerprint density at radius 1 is 1.26 bits per heavy atom. The van der Waals surface area contributed by atoms with E-state index >= 15 is 0 Å². The van der Waals surface area contributed by atoms with E-state index in [9.17, 15) is 4.79 Å². The Morgan fingerprint density at radius 3 is 2.79 bits per heavy atom. The second kappa shape index (κ2) is 5.05. The fraction of sp³-hybridized carbons (Fsp3) is 0.400. The number of primary amides is 1. The van der Waals surface area contributed by atoms with Crippen molar-refractivity contribution >= 4 is 17.2 Å². The molecule has 1 fully saturated rings. The number of carbonyl (C=O) groups excluding carboxylic acids is 1. The lowest BCUT2D eigenvalue weighted by Crippen LogP contribution is -2.29. The molecule has 0 saturated carbocycles. The van der Waals surface area contributed by atoms with Gasteiger partial charge in [0.05, 0.1) is 0 Å². The summed E-state index contributed by atoms with van der Waals surface area (Å²) in [6, 6.07) is 5.68. The summed E-state index contributed by atoms with van der Waals surface area (Å²) >= 11 is 0. The lowest BCUT2D eigenvalue weighted by Gasteiger charge is -2.29. The number of nitrogens with two attached hydrogens (primary N) is 1. The molecule has 0 aromatic heterocycles. The number of amides is 1. The van der Waals surface area contributed by atoms with Crippen LogP contribution in [0.5, 0.6) is 0 Å². The summed E-state index contributed by atoms with van der Waals surface area (Å²) in [5.74, 6) is 0.225. The van der Waals surface area contributed by atoms with Crippen LogP contribution in [-0.2, 0) is 0 Å². The second-order valence-electron chi connectivity index (χ2n) is 5.19. The summed E-state index contributed by atoms with van der Waals surface area (Å²) in [4.78, 5) is 11.3. The number of carbonyl (C=O) groups is 1. The molecule has 0 atom stereocenters. The third kappa shape index (κ3) is 2.36. The van der Waals surface area contributed by atoms with Gasteiger partial charge in [0.25, 0.3) is 0 Å². The fourth-order valence-electron chi connectivity index (χ4n) is 2.99. The van der Waals surface area contributed by atoms with Gasteiger partial charge in [0.15, 0.2) is 0 Å². The topological polar surface area (TPSA) is 67.2 Å². The van der Waals surface area contributed by atoms with E-state index in [2.05, 4.69) is 16.7 Å². The van der Waals surface area contributed by atoms with Crippen LogP contribution in [0, 0.1) is 5.92 Å². The first kappa shape index (κ1) is 12.2. The molecule has 4 heteroatoms. The zero-order valence-electron chi connectivity index (χ0n) is 10.9. The summed E-state index contributed by atoms with van der Waals surface area (Å²) in [5.41, 5.74) is 9.60. The number of allylic oxidation sites excluding steroid dienone is 1. The number of benzene rings is 1. The van der Waals surface area contributed by atoms with E-state index in [1.54, 1.807) is 6.07 Å². The molecule has 0 unspecified atom stereocenters. The maximum Gasteiger partial charge on any atom is 0.248 e. The average Bonchev–Trinajstić information content (AvgIpc) is 2.47. The van der Waals surface area contributed by atoms with E-state index in [0.717, 1.165) is 43.7 Å². The highest BCUT2D eigenvalue weighted by atomic mass is 16.1. The van der Waals surface area contributed by atoms with Gasteiger partial charge < -0.3 is 16.4 Å². The molecule has 19 heavy (non-hydrogen) atoms. The monoisotopic (exact) mass is 257 g/mol. The van der Waals surface area contributed by atoms with Gasteiger partial charge in [0, 0.05) is 23.4 Å². The van der Waals surface area contributed by atoms with Crippen molar-refractivity contribution in [1.82, 2.24) is 5.32 Å². The SMILES string of the molecule is NC(=O)c1ccc2c(c1)C(C1CCNCC1)=CCN2. The minimum atomic E-state index is -0.363. The summed E-state index contributed by atoms with van der Waals surface area (Å²) in [7, 11) is 0. The van der Waals surface area contributed by atoms with E-state index in [1.165, 1.54) is 5.57 Å². The first-order valence-corrected chi connectivity index (χ1v) is 6.84. The van der Waals surface area contributed by atoms with E-state index < -0.39 is 0 Å². The lowest BCUT2D eigenvalue weighted by molar-refractivity contribution is 0.100. The molecule has 0 aliphatic carbocycles. The van der Waals surface area contributed by atoms with Crippen molar-refractivity contribution in [3.63, 3.8) is 0 Å². The molecule has 0 bridgehead atoms. The van der Waals surface area contributed by atoms with Crippen LogP contribution in [0.15, 0.2) is 24.3 Å². The van der Waals surface area contributed by atoms with Crippen LogP contribution in [0.4, 0.5) is 5.69 Å². The minimum Gasteiger partial charge on any atom is -0.381 e. The van der Waals surface area contributed by atoms with E-state index in [4.69, 9.17) is 5.73 Å². The van der Waals surface area contributed by atoms with Gasteiger partial charge in [0.2, 0.25) is 5.91 Å². The van der Waals surface area contributed by atoms with E-state index in [0.29, 0.717) is 11.5 Å². The first-order chi connectivity index (χ1) is 9.25. The number of piperidine rings is 1. The van der Waals surface area contributed by atoms with Crippen molar-refractivity contribution in [2.75, 3.05) is 25.0 Å². The zero-order valence-corrected chi connectivity index (χ0v) is 10.9. The van der Waals surface area contributed by atoms with Gasteiger partial charge in [-0.15, -0.1) is 0 Å². The smallest absolute Gasteiger partial charge is 0.248 e. The summed E-state index contributed by atoms with van der Waals surface area (Å²) in [5, 5.41) is 6.74. The maximum absolute atomic E-state index is 11.3. The fourth-order valence-corrected chi connectivity index (χ4v) is 2.99. The van der Waals surface area contributed by atoms with Gasteiger partial charge in [0.1, 0.15) is 0 Å². The Labute approximate surface area is 113 Å². The highest BCUT2D eigenvalue weighted by molar-refractivity contribution is 5.95. The zero-order chi connectivity index (χ0) is 13.2. The van der Waals surface area contributed by atoms with Gasteiger partial charge in [-0.1, -0.05) is 6.08 Å². The molecule has 0 spiro atoms. The van der Waals surface area contributed by atoms with Crippen LogP contribution >= 0.6 is 0 Å². The van der Waals surface area contributed by atoms with Crippen molar-refractivity contribution in [2.24, 2.45) is 11.7 Å². The third-order valence-corrected chi connectivity index (χ3v) is 4.01. The van der Waals surface area contributed by atoms with Crippen LogP contribution in [-0.4, -0.2) is 25.5 Å². The molecule has 1 saturated heterocycles. The van der Waals surface area contributed by atoms with Crippen molar-refractivity contribution in [2.45, 2.75) is 12.8 Å². The van der Waals surface area contributed by atoms with Crippen molar-refractivity contribution in [1.29, 1.82) is 0 Å². The largest absolute Gasteiger partial charge is 0.381 e. The average molecular weight is 257 g/mol. The quantitative estimate of drug-likeness (QED) is 0.754. The molecule has 100 valence electrons. The minimum absolute atomic E-state index is 0.363. The Kier molecular flexibility index (Phi) is 3.25. The van der Waals surface area contributed by atoms with Crippen molar-refractivity contribution < 1.29 is 4.79 Å². The van der Waals surface area contributed by atoms with Crippen LogP contribution in [0.1, 0.15) is 28.8 Å². The van der Waals surface area contributed by atoms with Gasteiger partial charge in [-0.25, -0.2) is 0 Å². The van der Waals surface area contributed by atoms with Crippen LogP contribution in [0.25, 0.3) is 5.57 Å². The molecule has 2 aliphatic rings. The molecule has 1 aromatic carbocycles. The standard InChI is InChI=1S/C15H19N3O/c16-15(19)11-1-2-14-13(9-11)12(5-8-18-14)10-3-6-17-7-4-10/h1-2,5,9-10,17-18H,3-4,6-8H2,(H2,16,19). The summed E-state index contributed by atoms with van der Waals surface area (Å²) in [6.07, 6.45) is 4.57. The number of nitrogens with one attached hydrogen (secondary N) is 2. The number of anilines is 1. The highest BCUT2D eigenvalue weighted by Gasteiger charge is 2.23. The Morgan fingerprint density at radius 2 is 2.05 bits per heavy atom. The van der Waals surface area contributed by atoms with Crippen molar-refractivity contribution in [3.05, 3.63) is 35.4 Å². The molecular formula is C15H19N3O. The summed E-state index contributed by atoms with van der Waals surface area (Å²) < 4.78 is 0. The highest BCUT2D eigenvalue weighted by Crippen LogP contribution is 2.36. The van der Waals surface area contributed by atoms with Crippen LogP contribution in [0.3, 0.4) is 0 Å². The van der Waals surface area contributed by atoms with Crippen LogP contribution < -0.4 is 16.4 Å². The number of hydrogen-bond donors (Lipinski definition) is 3. The Hall–Kier alpha value is -1.81. The van der Waals surface area contributed by atoms with Gasteiger partial charge in [-0.05, 0) is 55.6 Å². The molecule has 2 aliphatic heterocycles. The van der Waals surface area contributed by atoms with Crippen LogP contribution in [0.2, 0.25) is 0 Å². The molecular weight excluding hydrogens is 238 g/mol. The van der Waals surface area contributed by atoms with Crippen molar-refractivity contribution in [3.8, 4) is 0 Å². The van der Waals surface area contributed by atoms with E-state index in [1.807, 2.05) is 12.1 Å². The predicted molar refractivity (Wildman–Crippen MR) is 77.0 cm³/mol. The summed E-state index contributed by atoms with van der Waals surface area (Å²) in [6.45, 7) is 3.00. The number of rotatable bonds is 2. The molecule has 2 heterocycles. The second-order valence-corrected chi connectivity index (χ2v) is 5.19.